The van der Waals surface area contributed by atoms with Gasteiger partial charge in [-0.3, -0.25) is 4.90 Å². The van der Waals surface area contributed by atoms with E-state index < -0.39 is 24.0 Å². The Balaban J connectivity index is 1.19. The minimum absolute atomic E-state index is 0.148. The summed E-state index contributed by atoms with van der Waals surface area (Å²) in [5.74, 6) is 0.961. The summed E-state index contributed by atoms with van der Waals surface area (Å²) < 4.78 is 26.3. The number of carbonyl (C=O) groups excluding carboxylic acids is 1. The molecular formula is C33H41FN8O4. The number of amides is 1. The SMILES string of the molecule is C[C@H](O)CN1CCN(c2ccc(Nc3ncnc(-c4ccc(OC5CCN(C(=O)OC(C)(C)C)CC5F)c(C#N)c4)n3)cc2)CC1. The van der Waals surface area contributed by atoms with Crippen molar-refractivity contribution in [2.75, 3.05) is 56.0 Å². The highest BCUT2D eigenvalue weighted by Crippen LogP contribution is 2.29. The first-order chi connectivity index (χ1) is 22.0. The minimum atomic E-state index is -1.44. The van der Waals surface area contributed by atoms with E-state index in [4.69, 9.17) is 9.47 Å². The van der Waals surface area contributed by atoms with Gasteiger partial charge in [0, 0.05) is 62.6 Å². The molecule has 2 saturated heterocycles. The van der Waals surface area contributed by atoms with Gasteiger partial charge in [0.25, 0.3) is 0 Å². The number of alkyl halides is 1. The van der Waals surface area contributed by atoms with Crippen LogP contribution in [0, 0.1) is 11.3 Å². The predicted molar refractivity (Wildman–Crippen MR) is 172 cm³/mol. The lowest BCUT2D eigenvalue weighted by molar-refractivity contribution is -0.0106. The van der Waals surface area contributed by atoms with Crippen LogP contribution >= 0.6 is 0 Å². The summed E-state index contributed by atoms with van der Waals surface area (Å²) in [7, 11) is 0. The Morgan fingerprint density at radius 1 is 1.13 bits per heavy atom. The molecule has 2 N–H and O–H groups in total. The van der Waals surface area contributed by atoms with Crippen LogP contribution in [0.3, 0.4) is 0 Å². The number of nitrogens with zero attached hydrogens (tertiary/aromatic N) is 7. The molecule has 244 valence electrons. The molecular weight excluding hydrogens is 591 g/mol. The fourth-order valence-electron chi connectivity index (χ4n) is 5.47. The Kier molecular flexibility index (Phi) is 10.2. The van der Waals surface area contributed by atoms with E-state index in [0.717, 1.165) is 37.6 Å². The topological polar surface area (TPSA) is 140 Å². The summed E-state index contributed by atoms with van der Waals surface area (Å²) in [6, 6.07) is 15.1. The van der Waals surface area contributed by atoms with Gasteiger partial charge in [-0.2, -0.15) is 10.2 Å². The second-order valence-corrected chi connectivity index (χ2v) is 12.7. The number of carbonyl (C=O) groups is 1. The number of piperazine rings is 1. The zero-order valence-corrected chi connectivity index (χ0v) is 26.7. The molecule has 3 atom stereocenters. The third kappa shape index (κ3) is 8.58. The Hall–Kier alpha value is -4.54. The monoisotopic (exact) mass is 632 g/mol. The van der Waals surface area contributed by atoms with Gasteiger partial charge in [-0.25, -0.2) is 19.2 Å². The minimum Gasteiger partial charge on any atom is -0.486 e. The largest absolute Gasteiger partial charge is 0.486 e. The van der Waals surface area contributed by atoms with E-state index in [-0.39, 0.29) is 36.9 Å². The highest BCUT2D eigenvalue weighted by Gasteiger charge is 2.35. The number of hydrogen-bond donors (Lipinski definition) is 2. The van der Waals surface area contributed by atoms with E-state index in [0.29, 0.717) is 23.9 Å². The molecule has 5 rings (SSSR count). The number of aliphatic hydroxyl groups excluding tert-OH is 1. The first-order valence-corrected chi connectivity index (χ1v) is 15.5. The second-order valence-electron chi connectivity index (χ2n) is 12.7. The highest BCUT2D eigenvalue weighted by molar-refractivity contribution is 5.68. The van der Waals surface area contributed by atoms with Crippen LogP contribution in [0.25, 0.3) is 11.4 Å². The predicted octanol–water partition coefficient (Wildman–Crippen LogP) is 4.38. The van der Waals surface area contributed by atoms with Crippen molar-refractivity contribution in [3.05, 3.63) is 54.4 Å². The third-order valence-electron chi connectivity index (χ3n) is 7.73. The van der Waals surface area contributed by atoms with Crippen molar-refractivity contribution in [3.63, 3.8) is 0 Å². The molecule has 0 saturated carbocycles. The molecule has 1 amide bonds. The summed E-state index contributed by atoms with van der Waals surface area (Å²) in [6.07, 6.45) is -1.47. The number of halogens is 1. The quantitative estimate of drug-likeness (QED) is 0.366. The van der Waals surface area contributed by atoms with E-state index in [9.17, 15) is 15.2 Å². The van der Waals surface area contributed by atoms with Gasteiger partial charge in [0.05, 0.1) is 18.2 Å². The van der Waals surface area contributed by atoms with E-state index >= 15 is 4.39 Å². The summed E-state index contributed by atoms with van der Waals surface area (Å²) in [6.45, 7) is 11.5. The van der Waals surface area contributed by atoms with Gasteiger partial charge in [-0.05, 0) is 70.2 Å². The summed E-state index contributed by atoms with van der Waals surface area (Å²) in [4.78, 5) is 31.4. The number of rotatable bonds is 8. The molecule has 2 unspecified atom stereocenters. The third-order valence-corrected chi connectivity index (χ3v) is 7.73. The van der Waals surface area contributed by atoms with Gasteiger partial charge in [0.2, 0.25) is 5.95 Å². The highest BCUT2D eigenvalue weighted by atomic mass is 19.1. The zero-order valence-electron chi connectivity index (χ0n) is 26.7. The molecule has 2 aliphatic heterocycles. The number of anilines is 3. The number of benzene rings is 2. The summed E-state index contributed by atoms with van der Waals surface area (Å²) in [5.41, 5.74) is 2.07. The van der Waals surface area contributed by atoms with Crippen molar-refractivity contribution in [2.24, 2.45) is 0 Å². The van der Waals surface area contributed by atoms with Crippen LogP contribution in [0.1, 0.15) is 39.7 Å². The van der Waals surface area contributed by atoms with Crippen molar-refractivity contribution < 1.29 is 23.8 Å². The van der Waals surface area contributed by atoms with Crippen molar-refractivity contribution in [3.8, 4) is 23.2 Å². The molecule has 12 nitrogen and oxygen atoms in total. The van der Waals surface area contributed by atoms with Gasteiger partial charge < -0.3 is 29.7 Å². The van der Waals surface area contributed by atoms with Crippen LogP contribution in [0.5, 0.6) is 5.75 Å². The summed E-state index contributed by atoms with van der Waals surface area (Å²) in [5, 5.41) is 22.7. The van der Waals surface area contributed by atoms with E-state index in [2.05, 4.69) is 48.3 Å². The number of hydrogen-bond acceptors (Lipinski definition) is 11. The molecule has 3 aromatic rings. The van der Waals surface area contributed by atoms with Gasteiger partial charge in [0.15, 0.2) is 12.0 Å². The molecule has 0 spiro atoms. The molecule has 2 aromatic carbocycles. The lowest BCUT2D eigenvalue weighted by Gasteiger charge is -2.36. The second kappa shape index (κ2) is 14.3. The summed E-state index contributed by atoms with van der Waals surface area (Å²) >= 11 is 0. The Labute approximate surface area is 268 Å². The lowest BCUT2D eigenvalue weighted by atomic mass is 10.1. The number of likely N-dealkylation sites (tertiary alicyclic amines) is 1. The van der Waals surface area contributed by atoms with E-state index in [1.54, 1.807) is 39.0 Å². The Bertz CT molecular complexity index is 1530. The van der Waals surface area contributed by atoms with Crippen LogP contribution < -0.4 is 15.0 Å². The number of nitriles is 1. The molecule has 13 heteroatoms. The van der Waals surface area contributed by atoms with Crippen LogP contribution in [0.15, 0.2) is 48.8 Å². The molecule has 3 heterocycles. The average molecular weight is 633 g/mol. The molecule has 2 aliphatic rings. The average Bonchev–Trinajstić information content (AvgIpc) is 3.02. The van der Waals surface area contributed by atoms with Gasteiger partial charge in [0.1, 0.15) is 29.9 Å². The number of ether oxygens (including phenoxy) is 2. The van der Waals surface area contributed by atoms with Crippen molar-refractivity contribution in [1.82, 2.24) is 24.8 Å². The molecule has 0 aliphatic carbocycles. The number of aliphatic hydroxyl groups is 1. The first kappa shape index (κ1) is 32.8. The van der Waals surface area contributed by atoms with Crippen LogP contribution in [-0.2, 0) is 4.74 Å². The van der Waals surface area contributed by atoms with Gasteiger partial charge in [-0.1, -0.05) is 0 Å². The Morgan fingerprint density at radius 2 is 1.87 bits per heavy atom. The van der Waals surface area contributed by atoms with Crippen LogP contribution in [-0.4, -0.2) is 106 Å². The maximum absolute atomic E-state index is 15.0. The normalized spacial score (nSPS) is 19.7. The van der Waals surface area contributed by atoms with Crippen LogP contribution in [0.2, 0.25) is 0 Å². The number of β-amino-alcohol motifs (C(OH)–C–C–N with tert-alkyl or cyclic N) is 1. The van der Waals surface area contributed by atoms with E-state index in [1.165, 1.54) is 11.2 Å². The van der Waals surface area contributed by atoms with Crippen LogP contribution in [0.4, 0.5) is 26.5 Å². The number of aromatic nitrogens is 3. The fraction of sp³-hybridized carbons (Fsp3) is 0.485. The van der Waals surface area contributed by atoms with Crippen molar-refractivity contribution in [2.45, 2.75) is 58.1 Å². The maximum Gasteiger partial charge on any atom is 0.410 e. The van der Waals surface area contributed by atoms with Crippen molar-refractivity contribution >= 4 is 23.4 Å². The zero-order chi connectivity index (χ0) is 32.8. The van der Waals surface area contributed by atoms with Crippen molar-refractivity contribution in [1.29, 1.82) is 5.26 Å². The molecule has 0 bridgehead atoms. The molecule has 2 fully saturated rings. The lowest BCUT2D eigenvalue weighted by Crippen LogP contribution is -2.50. The van der Waals surface area contributed by atoms with E-state index in [1.807, 2.05) is 19.1 Å². The standard InChI is InChI=1S/C33H41FN8O4/c1-22(43)19-40-13-15-41(16-14-40)26-8-6-25(7-9-26)38-31-37-21-36-30(39-31)23-5-10-28(24(17-23)18-35)45-29-11-12-42(20-27(29)34)32(44)46-33(2,3)4/h5-10,17,21-22,27,29,43H,11-16,19-20H2,1-4H3,(H,36,37,38,39)/t22-,27?,29?/m0/s1. The molecule has 0 radical (unpaired) electrons. The van der Waals surface area contributed by atoms with Gasteiger partial charge >= 0.3 is 6.09 Å². The maximum atomic E-state index is 15.0. The fourth-order valence-corrected chi connectivity index (χ4v) is 5.47. The number of piperidine rings is 1. The molecule has 1 aromatic heterocycles. The Morgan fingerprint density at radius 3 is 2.52 bits per heavy atom. The number of nitrogens with one attached hydrogen (secondary N) is 1. The van der Waals surface area contributed by atoms with Gasteiger partial charge in [-0.15, -0.1) is 0 Å². The smallest absolute Gasteiger partial charge is 0.410 e. The molecule has 46 heavy (non-hydrogen) atoms. The first-order valence-electron chi connectivity index (χ1n) is 15.5.